The molecule has 0 bridgehead atoms. The lowest BCUT2D eigenvalue weighted by molar-refractivity contribution is -0.0500. The number of phenols is 1. The maximum absolute atomic E-state index is 12.8. The van der Waals surface area contributed by atoms with E-state index in [1.807, 2.05) is 6.07 Å². The minimum atomic E-state index is -5.96. The number of fused-ring (bicyclic) bond motifs is 2. The summed E-state index contributed by atoms with van der Waals surface area (Å²) in [6.45, 7) is 2.83. The van der Waals surface area contributed by atoms with Crippen LogP contribution in [0, 0.1) is 0 Å². The monoisotopic (exact) mass is 489 g/mol. The van der Waals surface area contributed by atoms with Crippen LogP contribution in [0.4, 0.5) is 17.6 Å². The van der Waals surface area contributed by atoms with Crippen molar-refractivity contribution in [2.45, 2.75) is 37.7 Å². The van der Waals surface area contributed by atoms with Gasteiger partial charge in [0, 0.05) is 18.2 Å². The lowest BCUT2D eigenvalue weighted by Gasteiger charge is -2.42. The smallest absolute Gasteiger partial charge is 0.504 e. The van der Waals surface area contributed by atoms with Gasteiger partial charge in [0.1, 0.15) is 19.0 Å². The van der Waals surface area contributed by atoms with E-state index in [1.54, 1.807) is 6.07 Å². The Bertz CT molecular complexity index is 1170. The van der Waals surface area contributed by atoms with Crippen molar-refractivity contribution in [1.82, 2.24) is 4.90 Å². The number of ether oxygens (including phenoxy) is 1. The predicted octanol–water partition coefficient (Wildman–Crippen LogP) is 4.50. The second kappa shape index (κ2) is 8.68. The van der Waals surface area contributed by atoms with Crippen molar-refractivity contribution >= 4 is 10.1 Å². The molecule has 6 nitrogen and oxygen atoms in total. The van der Waals surface area contributed by atoms with Crippen LogP contribution in [-0.4, -0.2) is 50.3 Å². The first kappa shape index (κ1) is 23.6. The van der Waals surface area contributed by atoms with Gasteiger partial charge in [-0.1, -0.05) is 13.0 Å². The SMILES string of the molecule is CCCN1CCc2cc(OCCF)cc3c2[C@H]1Cc1ccc(OS(=O)(=O)C(F)(F)F)c(O)c1-3. The van der Waals surface area contributed by atoms with Crippen LogP contribution in [0.1, 0.15) is 36.1 Å². The average Bonchev–Trinajstić information content (AvgIpc) is 2.75. The van der Waals surface area contributed by atoms with Gasteiger partial charge < -0.3 is 14.0 Å². The number of aromatic hydroxyl groups is 1. The zero-order valence-corrected chi connectivity index (χ0v) is 18.6. The molecule has 0 unspecified atom stereocenters. The van der Waals surface area contributed by atoms with Gasteiger partial charge in [-0.25, -0.2) is 4.39 Å². The number of alkyl halides is 4. The molecular weight excluding hydrogens is 466 g/mol. The summed E-state index contributed by atoms with van der Waals surface area (Å²) in [6.07, 6.45) is 2.10. The molecule has 2 aromatic rings. The van der Waals surface area contributed by atoms with E-state index >= 15 is 0 Å². The Morgan fingerprint density at radius 3 is 2.64 bits per heavy atom. The van der Waals surface area contributed by atoms with E-state index in [0.29, 0.717) is 29.7 Å². The highest BCUT2D eigenvalue weighted by Gasteiger charge is 2.49. The Morgan fingerprint density at radius 2 is 1.97 bits per heavy atom. The van der Waals surface area contributed by atoms with Gasteiger partial charge in [0.2, 0.25) is 0 Å². The average molecular weight is 489 g/mol. The van der Waals surface area contributed by atoms with Gasteiger partial charge in [-0.2, -0.15) is 21.6 Å². The first-order chi connectivity index (χ1) is 15.6. The van der Waals surface area contributed by atoms with Crippen molar-refractivity contribution in [3.8, 4) is 28.4 Å². The highest BCUT2D eigenvalue weighted by Crippen LogP contribution is 2.52. The molecule has 0 radical (unpaired) electrons. The molecular formula is C22H23F4NO5S. The van der Waals surface area contributed by atoms with Crippen molar-refractivity contribution in [2.24, 2.45) is 0 Å². The van der Waals surface area contributed by atoms with Crippen molar-refractivity contribution in [3.05, 3.63) is 41.0 Å². The van der Waals surface area contributed by atoms with Crippen LogP contribution < -0.4 is 8.92 Å². The molecule has 1 aliphatic carbocycles. The Kier molecular flexibility index (Phi) is 6.21. The topological polar surface area (TPSA) is 76.1 Å². The maximum Gasteiger partial charge on any atom is 0.534 e. The molecule has 0 aromatic heterocycles. The molecule has 0 saturated carbocycles. The molecule has 2 aromatic carbocycles. The first-order valence-corrected chi connectivity index (χ1v) is 11.9. The van der Waals surface area contributed by atoms with Gasteiger partial charge in [-0.3, -0.25) is 4.90 Å². The van der Waals surface area contributed by atoms with Crippen molar-refractivity contribution in [1.29, 1.82) is 0 Å². The van der Waals surface area contributed by atoms with Gasteiger partial charge in [0.15, 0.2) is 11.5 Å². The number of rotatable bonds is 7. The maximum atomic E-state index is 12.8. The molecule has 0 amide bonds. The predicted molar refractivity (Wildman–Crippen MR) is 113 cm³/mol. The van der Waals surface area contributed by atoms with Gasteiger partial charge in [0.25, 0.3) is 0 Å². The van der Waals surface area contributed by atoms with Crippen LogP contribution in [-0.2, 0) is 23.0 Å². The number of nitrogens with zero attached hydrogens (tertiary/aromatic N) is 1. The summed E-state index contributed by atoms with van der Waals surface area (Å²) >= 11 is 0. The third-order valence-electron chi connectivity index (χ3n) is 5.93. The number of halogens is 4. The molecule has 1 N–H and O–H groups in total. The minimum Gasteiger partial charge on any atom is -0.504 e. The molecule has 1 heterocycles. The fourth-order valence-electron chi connectivity index (χ4n) is 4.65. The summed E-state index contributed by atoms with van der Waals surface area (Å²) in [5.74, 6) is -1.14. The van der Waals surface area contributed by atoms with Crippen molar-refractivity contribution < 1.29 is 40.0 Å². The second-order valence-electron chi connectivity index (χ2n) is 8.02. The lowest BCUT2D eigenvalue weighted by Crippen LogP contribution is -2.38. The van der Waals surface area contributed by atoms with Crippen molar-refractivity contribution in [2.75, 3.05) is 26.4 Å². The fraction of sp³-hybridized carbons (Fsp3) is 0.455. The summed E-state index contributed by atoms with van der Waals surface area (Å²) in [5.41, 5.74) is -2.44. The Labute approximate surface area is 188 Å². The zero-order chi connectivity index (χ0) is 24.0. The van der Waals surface area contributed by atoms with Crippen LogP contribution in [0.5, 0.6) is 17.2 Å². The third-order valence-corrected chi connectivity index (χ3v) is 6.90. The third kappa shape index (κ3) is 4.23. The first-order valence-electron chi connectivity index (χ1n) is 10.5. The quantitative estimate of drug-likeness (QED) is 0.351. The zero-order valence-electron chi connectivity index (χ0n) is 17.8. The summed E-state index contributed by atoms with van der Waals surface area (Å²) in [4.78, 5) is 2.31. The number of benzene rings is 2. The van der Waals surface area contributed by atoms with Crippen LogP contribution in [0.3, 0.4) is 0 Å². The Balaban J connectivity index is 1.87. The van der Waals surface area contributed by atoms with E-state index in [-0.39, 0.29) is 18.2 Å². The summed E-state index contributed by atoms with van der Waals surface area (Å²) < 4.78 is 83.9. The molecule has 33 heavy (non-hydrogen) atoms. The van der Waals surface area contributed by atoms with Crippen LogP contribution in [0.25, 0.3) is 11.1 Å². The summed E-state index contributed by atoms with van der Waals surface area (Å²) in [7, 11) is -5.96. The minimum absolute atomic E-state index is 0.0171. The van der Waals surface area contributed by atoms with Crippen LogP contribution >= 0.6 is 0 Å². The molecule has 1 aliphatic heterocycles. The van der Waals surface area contributed by atoms with Crippen molar-refractivity contribution in [3.63, 3.8) is 0 Å². The molecule has 0 fully saturated rings. The number of phenolic OH excluding ortho intramolecular Hbond substituents is 1. The van der Waals surface area contributed by atoms with E-state index < -0.39 is 33.8 Å². The Morgan fingerprint density at radius 1 is 1.21 bits per heavy atom. The highest BCUT2D eigenvalue weighted by molar-refractivity contribution is 7.88. The molecule has 180 valence electrons. The molecule has 4 rings (SSSR count). The normalized spacial score (nSPS) is 17.9. The second-order valence-corrected chi connectivity index (χ2v) is 9.55. The van der Waals surface area contributed by atoms with E-state index in [0.717, 1.165) is 36.7 Å². The Hall–Kier alpha value is -2.53. The molecule has 11 heteroatoms. The molecule has 2 aliphatic rings. The van der Waals surface area contributed by atoms with Gasteiger partial charge >= 0.3 is 15.6 Å². The lowest BCUT2D eigenvalue weighted by atomic mass is 9.76. The molecule has 0 spiro atoms. The van der Waals surface area contributed by atoms with E-state index in [2.05, 4.69) is 16.0 Å². The summed E-state index contributed by atoms with van der Waals surface area (Å²) in [6, 6.07) is 5.90. The van der Waals surface area contributed by atoms with E-state index in [4.69, 9.17) is 4.74 Å². The summed E-state index contributed by atoms with van der Waals surface area (Å²) in [5, 5.41) is 10.8. The van der Waals surface area contributed by atoms with Gasteiger partial charge in [0.05, 0.1) is 0 Å². The number of hydrogen-bond donors (Lipinski definition) is 1. The standard InChI is InChI=1S/C22H23F4NO5S/c1-2-7-27-8-5-14-10-15(31-9-6-23)12-16-19(14)17(27)11-13-3-4-18(21(28)20(13)16)32-33(29,30)22(24,25)26/h3-4,10,12,17,28H,2,5-9,11H2,1H3/t17-/m1/s1. The number of hydrogen-bond acceptors (Lipinski definition) is 6. The van der Waals surface area contributed by atoms with Crippen LogP contribution in [0.2, 0.25) is 0 Å². The molecule has 1 atom stereocenters. The van der Waals surface area contributed by atoms with E-state index in [9.17, 15) is 31.1 Å². The van der Waals surface area contributed by atoms with Gasteiger partial charge in [-0.05, 0) is 66.3 Å². The largest absolute Gasteiger partial charge is 0.534 e. The fourth-order valence-corrected chi connectivity index (χ4v) is 5.11. The highest BCUT2D eigenvalue weighted by atomic mass is 32.2. The van der Waals surface area contributed by atoms with Crippen LogP contribution in [0.15, 0.2) is 24.3 Å². The van der Waals surface area contributed by atoms with E-state index in [1.165, 1.54) is 6.07 Å². The molecule has 0 saturated heterocycles. The van der Waals surface area contributed by atoms with Gasteiger partial charge in [-0.15, -0.1) is 0 Å².